The molecule has 100 valence electrons. The number of nitrogens with two attached hydrogens (primary N) is 1. The maximum atomic E-state index is 13.7. The Balaban J connectivity index is 2.08. The zero-order valence-electron chi connectivity index (χ0n) is 10.3. The van der Waals surface area contributed by atoms with Gasteiger partial charge in [0.05, 0.1) is 5.52 Å². The Morgan fingerprint density at radius 3 is 2.75 bits per heavy atom. The predicted molar refractivity (Wildman–Crippen MR) is 73.6 cm³/mol. The van der Waals surface area contributed by atoms with Gasteiger partial charge in [0.1, 0.15) is 0 Å². The second kappa shape index (κ2) is 4.73. The van der Waals surface area contributed by atoms with E-state index in [1.807, 2.05) is 12.1 Å². The van der Waals surface area contributed by atoms with Crippen LogP contribution in [0.2, 0.25) is 0 Å². The van der Waals surface area contributed by atoms with E-state index in [1.54, 1.807) is 24.4 Å². The van der Waals surface area contributed by atoms with Crippen molar-refractivity contribution in [3.05, 3.63) is 54.2 Å². The number of pyridine rings is 2. The highest BCUT2D eigenvalue weighted by atomic mass is 19.1. The number of benzene rings is 1. The van der Waals surface area contributed by atoms with E-state index in [2.05, 4.69) is 15.3 Å². The van der Waals surface area contributed by atoms with Crippen LogP contribution in [0.5, 0.6) is 0 Å². The van der Waals surface area contributed by atoms with Crippen molar-refractivity contribution >= 4 is 28.2 Å². The van der Waals surface area contributed by atoms with E-state index in [0.29, 0.717) is 11.8 Å². The molecule has 4 nitrogen and oxygen atoms in total. The van der Waals surface area contributed by atoms with Crippen LogP contribution < -0.4 is 11.1 Å². The number of nitrogens with one attached hydrogen (secondary N) is 1. The molecule has 2 aromatic heterocycles. The number of fused-ring (bicyclic) bond motifs is 1. The van der Waals surface area contributed by atoms with E-state index in [-0.39, 0.29) is 11.6 Å². The van der Waals surface area contributed by atoms with E-state index < -0.39 is 11.6 Å². The molecule has 0 aliphatic heterocycles. The van der Waals surface area contributed by atoms with Gasteiger partial charge in [-0.3, -0.25) is 4.98 Å². The topological polar surface area (TPSA) is 63.8 Å². The van der Waals surface area contributed by atoms with Crippen LogP contribution in [0.3, 0.4) is 0 Å². The Bertz CT molecular complexity index is 784. The number of hydrogen-bond donors (Lipinski definition) is 2. The summed E-state index contributed by atoms with van der Waals surface area (Å²) in [5.41, 5.74) is 6.73. The highest BCUT2D eigenvalue weighted by molar-refractivity contribution is 5.92. The van der Waals surface area contributed by atoms with Crippen LogP contribution in [-0.2, 0) is 0 Å². The number of aromatic nitrogens is 2. The first kappa shape index (κ1) is 12.3. The Morgan fingerprint density at radius 2 is 1.90 bits per heavy atom. The summed E-state index contributed by atoms with van der Waals surface area (Å²) in [6, 6.07) is 9.69. The van der Waals surface area contributed by atoms with Gasteiger partial charge < -0.3 is 11.1 Å². The minimum Gasteiger partial charge on any atom is -0.381 e. The highest BCUT2D eigenvalue weighted by Gasteiger charge is 2.11. The molecular formula is C14H10F2N4. The van der Waals surface area contributed by atoms with E-state index in [0.717, 1.165) is 10.9 Å². The first-order valence-corrected chi connectivity index (χ1v) is 5.87. The molecule has 2 heterocycles. The van der Waals surface area contributed by atoms with Gasteiger partial charge >= 0.3 is 0 Å². The molecule has 0 unspecified atom stereocenters. The van der Waals surface area contributed by atoms with Gasteiger partial charge in [-0.05, 0) is 24.3 Å². The minimum atomic E-state index is -0.882. The van der Waals surface area contributed by atoms with Crippen molar-refractivity contribution in [3.8, 4) is 0 Å². The van der Waals surface area contributed by atoms with Crippen LogP contribution in [0, 0.1) is 11.6 Å². The summed E-state index contributed by atoms with van der Waals surface area (Å²) in [4.78, 5) is 7.87. The third kappa shape index (κ3) is 2.11. The normalized spacial score (nSPS) is 10.7. The van der Waals surface area contributed by atoms with E-state index in [9.17, 15) is 8.78 Å². The van der Waals surface area contributed by atoms with Gasteiger partial charge in [-0.2, -0.15) is 0 Å². The zero-order valence-corrected chi connectivity index (χ0v) is 10.3. The fourth-order valence-electron chi connectivity index (χ4n) is 1.91. The fourth-order valence-corrected chi connectivity index (χ4v) is 1.91. The van der Waals surface area contributed by atoms with Crippen LogP contribution in [0.25, 0.3) is 10.9 Å². The average molecular weight is 272 g/mol. The third-order valence-corrected chi connectivity index (χ3v) is 2.86. The summed E-state index contributed by atoms with van der Waals surface area (Å²) >= 11 is 0. The number of rotatable bonds is 2. The maximum absolute atomic E-state index is 13.7. The second-order valence-electron chi connectivity index (χ2n) is 4.19. The first-order chi connectivity index (χ1) is 9.65. The molecule has 0 spiro atoms. The molecule has 0 amide bonds. The van der Waals surface area contributed by atoms with Crippen molar-refractivity contribution in [3.63, 3.8) is 0 Å². The molecule has 0 saturated carbocycles. The maximum Gasteiger partial charge on any atom is 0.169 e. The van der Waals surface area contributed by atoms with Gasteiger partial charge in [0.15, 0.2) is 23.3 Å². The number of nitrogen functional groups attached to an aromatic ring is 1. The molecule has 0 atom stereocenters. The van der Waals surface area contributed by atoms with Crippen LogP contribution in [-0.4, -0.2) is 9.97 Å². The van der Waals surface area contributed by atoms with Crippen LogP contribution in [0.1, 0.15) is 0 Å². The molecule has 0 radical (unpaired) electrons. The summed E-state index contributed by atoms with van der Waals surface area (Å²) < 4.78 is 26.8. The van der Waals surface area contributed by atoms with Crippen molar-refractivity contribution in [2.24, 2.45) is 0 Å². The van der Waals surface area contributed by atoms with Gasteiger partial charge in [-0.25, -0.2) is 13.8 Å². The van der Waals surface area contributed by atoms with Crippen LogP contribution in [0.15, 0.2) is 42.6 Å². The van der Waals surface area contributed by atoms with Gasteiger partial charge in [0.25, 0.3) is 0 Å². The second-order valence-corrected chi connectivity index (χ2v) is 4.19. The standard InChI is InChI=1S/C14H10F2N4/c15-9-7-10(16)14(20-13(9)17)19-12-5-1-4-11-8(12)3-2-6-18-11/h1-7H,(H3,17,19,20). The van der Waals surface area contributed by atoms with Gasteiger partial charge in [0, 0.05) is 23.3 Å². The SMILES string of the molecule is Nc1nc(Nc2cccc3ncccc23)c(F)cc1F. The van der Waals surface area contributed by atoms with Crippen molar-refractivity contribution < 1.29 is 8.78 Å². The quantitative estimate of drug-likeness (QED) is 0.751. The molecule has 0 aliphatic carbocycles. The molecule has 6 heteroatoms. The molecule has 0 aliphatic rings. The Labute approximate surface area is 113 Å². The summed E-state index contributed by atoms with van der Waals surface area (Å²) in [5.74, 6) is -2.17. The lowest BCUT2D eigenvalue weighted by Gasteiger charge is -2.10. The van der Waals surface area contributed by atoms with Gasteiger partial charge in [-0.15, -0.1) is 0 Å². The molecule has 3 N–H and O–H groups in total. The summed E-state index contributed by atoms with van der Waals surface area (Å²) in [6.07, 6.45) is 1.67. The smallest absolute Gasteiger partial charge is 0.169 e. The molecule has 0 fully saturated rings. The first-order valence-electron chi connectivity index (χ1n) is 5.87. The lowest BCUT2D eigenvalue weighted by Crippen LogP contribution is -2.03. The zero-order chi connectivity index (χ0) is 14.1. The number of halogens is 2. The largest absolute Gasteiger partial charge is 0.381 e. The Kier molecular flexibility index (Phi) is 2.90. The Hall–Kier alpha value is -2.76. The highest BCUT2D eigenvalue weighted by Crippen LogP contribution is 2.26. The number of hydrogen-bond acceptors (Lipinski definition) is 4. The summed E-state index contributed by atoms with van der Waals surface area (Å²) in [6.45, 7) is 0. The lowest BCUT2D eigenvalue weighted by molar-refractivity contribution is 0.581. The number of nitrogens with zero attached hydrogens (tertiary/aromatic N) is 2. The molecule has 3 aromatic rings. The van der Waals surface area contributed by atoms with Crippen LogP contribution >= 0.6 is 0 Å². The van der Waals surface area contributed by atoms with E-state index in [1.165, 1.54) is 0 Å². The molecule has 3 rings (SSSR count). The molecule has 1 aromatic carbocycles. The predicted octanol–water partition coefficient (Wildman–Crippen LogP) is 3.23. The van der Waals surface area contributed by atoms with Gasteiger partial charge in [-0.1, -0.05) is 6.07 Å². The van der Waals surface area contributed by atoms with Crippen molar-refractivity contribution in [2.75, 3.05) is 11.1 Å². The molecular weight excluding hydrogens is 262 g/mol. The molecule has 0 bridgehead atoms. The van der Waals surface area contributed by atoms with Gasteiger partial charge in [0.2, 0.25) is 0 Å². The van der Waals surface area contributed by atoms with Crippen molar-refractivity contribution in [1.29, 1.82) is 0 Å². The van der Waals surface area contributed by atoms with Crippen molar-refractivity contribution in [2.45, 2.75) is 0 Å². The minimum absolute atomic E-state index is 0.125. The van der Waals surface area contributed by atoms with Crippen molar-refractivity contribution in [1.82, 2.24) is 9.97 Å². The molecule has 20 heavy (non-hydrogen) atoms. The monoisotopic (exact) mass is 272 g/mol. The lowest BCUT2D eigenvalue weighted by atomic mass is 10.2. The van der Waals surface area contributed by atoms with Crippen LogP contribution in [0.4, 0.5) is 26.1 Å². The summed E-state index contributed by atoms with van der Waals surface area (Å²) in [7, 11) is 0. The third-order valence-electron chi connectivity index (χ3n) is 2.86. The van der Waals surface area contributed by atoms with E-state index >= 15 is 0 Å². The van der Waals surface area contributed by atoms with E-state index in [4.69, 9.17) is 5.73 Å². The molecule has 0 saturated heterocycles. The average Bonchev–Trinajstić information content (AvgIpc) is 2.45. The number of anilines is 3. The Morgan fingerprint density at radius 1 is 1.05 bits per heavy atom. The summed E-state index contributed by atoms with van der Waals surface area (Å²) in [5, 5.41) is 3.62. The fraction of sp³-hybridized carbons (Fsp3) is 0.